The van der Waals surface area contributed by atoms with Gasteiger partial charge in [-0.1, -0.05) is 11.6 Å². The Hall–Kier alpha value is -1.11. The fourth-order valence-corrected chi connectivity index (χ4v) is 2.67. The fraction of sp³-hybridized carbons (Fsp3) is 0.692. The van der Waals surface area contributed by atoms with Gasteiger partial charge in [0.1, 0.15) is 11.0 Å². The Kier molecular flexibility index (Phi) is 4.54. The van der Waals surface area contributed by atoms with Gasteiger partial charge in [-0.3, -0.25) is 0 Å². The first kappa shape index (κ1) is 13.9. The van der Waals surface area contributed by atoms with Crippen LogP contribution in [0.4, 0.5) is 11.8 Å². The maximum absolute atomic E-state index is 6.36. The molecule has 0 spiro atoms. The monoisotopic (exact) mass is 298 g/mol. The van der Waals surface area contributed by atoms with Gasteiger partial charge in [-0.2, -0.15) is 4.98 Å². The summed E-state index contributed by atoms with van der Waals surface area (Å²) in [6.45, 7) is 5.20. The van der Waals surface area contributed by atoms with Gasteiger partial charge in [0.05, 0.1) is 19.8 Å². The molecule has 0 bridgehead atoms. The lowest BCUT2D eigenvalue weighted by atomic mass is 10.2. The zero-order valence-corrected chi connectivity index (χ0v) is 12.2. The minimum atomic E-state index is 0.547. The molecule has 0 amide bonds. The SMILES string of the molecule is Clc1nc(N2CCOCC2)nc2c1CCCOCCN2. The van der Waals surface area contributed by atoms with E-state index in [9.17, 15) is 0 Å². The number of rotatable bonds is 1. The van der Waals surface area contributed by atoms with Gasteiger partial charge in [0.25, 0.3) is 0 Å². The Morgan fingerprint density at radius 1 is 1.05 bits per heavy atom. The van der Waals surface area contributed by atoms with Gasteiger partial charge >= 0.3 is 0 Å². The Bertz CT molecular complexity index is 466. The summed E-state index contributed by atoms with van der Waals surface area (Å²) in [5.41, 5.74) is 0.995. The predicted octanol–water partition coefficient (Wildman–Crippen LogP) is 1.34. The molecule has 1 aromatic heterocycles. The van der Waals surface area contributed by atoms with Crippen molar-refractivity contribution in [2.45, 2.75) is 12.8 Å². The van der Waals surface area contributed by atoms with E-state index in [4.69, 9.17) is 21.1 Å². The number of halogens is 1. The van der Waals surface area contributed by atoms with E-state index in [0.717, 1.165) is 50.5 Å². The Labute approximate surface area is 123 Å². The van der Waals surface area contributed by atoms with Gasteiger partial charge in [-0.05, 0) is 12.8 Å². The smallest absolute Gasteiger partial charge is 0.228 e. The van der Waals surface area contributed by atoms with Crippen molar-refractivity contribution >= 4 is 23.4 Å². The Balaban J connectivity index is 1.88. The summed E-state index contributed by atoms with van der Waals surface area (Å²) in [5, 5.41) is 3.85. The van der Waals surface area contributed by atoms with Crippen LogP contribution in [0.1, 0.15) is 12.0 Å². The van der Waals surface area contributed by atoms with E-state index in [-0.39, 0.29) is 0 Å². The van der Waals surface area contributed by atoms with E-state index < -0.39 is 0 Å². The Morgan fingerprint density at radius 2 is 1.85 bits per heavy atom. The molecule has 0 saturated carbocycles. The number of morpholine rings is 1. The minimum absolute atomic E-state index is 0.547. The van der Waals surface area contributed by atoms with Crippen LogP contribution in [0.15, 0.2) is 0 Å². The molecule has 7 heteroatoms. The van der Waals surface area contributed by atoms with E-state index in [2.05, 4.69) is 20.2 Å². The van der Waals surface area contributed by atoms with Gasteiger partial charge in [-0.25, -0.2) is 4.98 Å². The molecule has 0 radical (unpaired) electrons. The van der Waals surface area contributed by atoms with Crippen molar-refractivity contribution in [3.05, 3.63) is 10.7 Å². The molecule has 2 aliphatic rings. The molecule has 1 saturated heterocycles. The first-order valence-electron chi connectivity index (χ1n) is 7.05. The Morgan fingerprint density at radius 3 is 2.70 bits per heavy atom. The average molecular weight is 299 g/mol. The lowest BCUT2D eigenvalue weighted by Crippen LogP contribution is -2.37. The van der Waals surface area contributed by atoms with E-state index in [1.54, 1.807) is 0 Å². The highest BCUT2D eigenvalue weighted by Crippen LogP contribution is 2.26. The summed E-state index contributed by atoms with van der Waals surface area (Å²) < 4.78 is 10.8. The summed E-state index contributed by atoms with van der Waals surface area (Å²) in [7, 11) is 0. The molecule has 0 atom stereocenters. The normalized spacial score (nSPS) is 20.4. The first-order valence-corrected chi connectivity index (χ1v) is 7.43. The highest BCUT2D eigenvalue weighted by molar-refractivity contribution is 6.30. The zero-order chi connectivity index (χ0) is 13.8. The van der Waals surface area contributed by atoms with Crippen LogP contribution < -0.4 is 10.2 Å². The maximum atomic E-state index is 6.36. The van der Waals surface area contributed by atoms with Crippen molar-refractivity contribution < 1.29 is 9.47 Å². The van der Waals surface area contributed by atoms with Crippen LogP contribution >= 0.6 is 11.6 Å². The second-order valence-corrected chi connectivity index (χ2v) is 5.24. The molecule has 0 aliphatic carbocycles. The summed E-state index contributed by atoms with van der Waals surface area (Å²) in [4.78, 5) is 11.2. The predicted molar refractivity (Wildman–Crippen MR) is 77.7 cm³/mol. The topological polar surface area (TPSA) is 59.5 Å². The molecule has 0 unspecified atom stereocenters. The van der Waals surface area contributed by atoms with Gasteiger partial charge in [0.15, 0.2) is 0 Å². The number of nitrogens with one attached hydrogen (secondary N) is 1. The van der Waals surface area contributed by atoms with Crippen molar-refractivity contribution in [1.29, 1.82) is 0 Å². The molecular formula is C13H19ClN4O2. The number of anilines is 2. The molecule has 110 valence electrons. The molecule has 3 rings (SSSR count). The summed E-state index contributed by atoms with van der Waals surface area (Å²) in [6, 6.07) is 0. The van der Waals surface area contributed by atoms with E-state index in [1.165, 1.54) is 0 Å². The van der Waals surface area contributed by atoms with Gasteiger partial charge < -0.3 is 19.7 Å². The van der Waals surface area contributed by atoms with Gasteiger partial charge in [0.2, 0.25) is 5.95 Å². The van der Waals surface area contributed by atoms with Crippen molar-refractivity contribution in [3.8, 4) is 0 Å². The largest absolute Gasteiger partial charge is 0.380 e. The van der Waals surface area contributed by atoms with Crippen LogP contribution in [-0.4, -0.2) is 56.0 Å². The number of hydrogen-bond acceptors (Lipinski definition) is 6. The number of ether oxygens (including phenoxy) is 2. The minimum Gasteiger partial charge on any atom is -0.380 e. The fourth-order valence-electron chi connectivity index (χ4n) is 2.41. The average Bonchev–Trinajstić information content (AvgIpc) is 2.60. The van der Waals surface area contributed by atoms with Crippen LogP contribution in [0.2, 0.25) is 5.15 Å². The maximum Gasteiger partial charge on any atom is 0.228 e. The summed E-state index contributed by atoms with van der Waals surface area (Å²) in [6.07, 6.45) is 1.78. The lowest BCUT2D eigenvalue weighted by Gasteiger charge is -2.27. The number of aromatic nitrogens is 2. The molecule has 3 heterocycles. The molecule has 20 heavy (non-hydrogen) atoms. The molecule has 6 nitrogen and oxygen atoms in total. The molecule has 2 aliphatic heterocycles. The quantitative estimate of drug-likeness (QED) is 0.790. The lowest BCUT2D eigenvalue weighted by molar-refractivity contribution is 0.122. The molecular weight excluding hydrogens is 280 g/mol. The zero-order valence-electron chi connectivity index (χ0n) is 11.4. The van der Waals surface area contributed by atoms with Crippen LogP contribution in [0, 0.1) is 0 Å². The molecule has 1 fully saturated rings. The van der Waals surface area contributed by atoms with Crippen LogP contribution in [0.5, 0.6) is 0 Å². The van der Waals surface area contributed by atoms with Crippen LogP contribution in [0.3, 0.4) is 0 Å². The van der Waals surface area contributed by atoms with Gasteiger partial charge in [0, 0.05) is 31.8 Å². The summed E-state index contributed by atoms with van der Waals surface area (Å²) >= 11 is 6.36. The van der Waals surface area contributed by atoms with Crippen molar-refractivity contribution in [2.24, 2.45) is 0 Å². The molecule has 1 N–H and O–H groups in total. The third-order valence-corrected chi connectivity index (χ3v) is 3.81. The van der Waals surface area contributed by atoms with E-state index >= 15 is 0 Å². The van der Waals surface area contributed by atoms with Crippen molar-refractivity contribution in [3.63, 3.8) is 0 Å². The second-order valence-electron chi connectivity index (χ2n) is 4.88. The van der Waals surface area contributed by atoms with Gasteiger partial charge in [-0.15, -0.1) is 0 Å². The summed E-state index contributed by atoms with van der Waals surface area (Å²) in [5.74, 6) is 1.53. The van der Waals surface area contributed by atoms with E-state index in [0.29, 0.717) is 30.9 Å². The number of fused-ring (bicyclic) bond motifs is 1. The first-order chi connectivity index (χ1) is 9.84. The third-order valence-electron chi connectivity index (χ3n) is 3.49. The van der Waals surface area contributed by atoms with Crippen LogP contribution in [0.25, 0.3) is 0 Å². The molecule has 0 aromatic carbocycles. The standard InChI is InChI=1S/C13H19ClN4O2/c14-11-10-2-1-6-19-7-3-15-12(10)17-13(16-11)18-4-8-20-9-5-18/h1-9H2,(H,15,16,17). The number of hydrogen-bond donors (Lipinski definition) is 1. The third kappa shape index (κ3) is 3.13. The highest BCUT2D eigenvalue weighted by atomic mass is 35.5. The molecule has 1 aromatic rings. The van der Waals surface area contributed by atoms with E-state index in [1.807, 2.05) is 0 Å². The second kappa shape index (κ2) is 6.56. The van der Waals surface area contributed by atoms with Crippen molar-refractivity contribution in [2.75, 3.05) is 56.3 Å². The number of nitrogens with zero attached hydrogens (tertiary/aromatic N) is 3. The van der Waals surface area contributed by atoms with Crippen LogP contribution in [-0.2, 0) is 15.9 Å². The van der Waals surface area contributed by atoms with Crippen molar-refractivity contribution in [1.82, 2.24) is 9.97 Å². The highest BCUT2D eigenvalue weighted by Gasteiger charge is 2.19.